The molecule has 0 heterocycles. The van der Waals surface area contributed by atoms with Crippen molar-refractivity contribution in [2.45, 2.75) is 26.7 Å². The van der Waals surface area contributed by atoms with Crippen LogP contribution in [0.15, 0.2) is 57.6 Å². The Morgan fingerprint density at radius 2 is 1.14 bits per heavy atom. The van der Waals surface area contributed by atoms with Crippen LogP contribution in [-0.2, 0) is 9.47 Å². The molecule has 0 bridgehead atoms. The molecule has 0 atom stereocenters. The van der Waals surface area contributed by atoms with E-state index in [-0.39, 0.29) is 0 Å². The lowest BCUT2D eigenvalue weighted by atomic mass is 10.0. The summed E-state index contributed by atoms with van der Waals surface area (Å²) in [5.74, 6) is 1.03. The zero-order chi connectivity index (χ0) is 20.7. The van der Waals surface area contributed by atoms with E-state index in [0.29, 0.717) is 51.3 Å². The largest absolute Gasteiger partial charge is 0.378 e. The van der Waals surface area contributed by atoms with Gasteiger partial charge in [-0.2, -0.15) is 0 Å². The molecule has 0 aromatic rings. The van der Waals surface area contributed by atoms with Gasteiger partial charge in [0.1, 0.15) is 0 Å². The number of halogens is 2. The van der Waals surface area contributed by atoms with Gasteiger partial charge in [-0.25, -0.2) is 0 Å². The van der Waals surface area contributed by atoms with E-state index in [2.05, 4.69) is 34.3 Å². The van der Waals surface area contributed by atoms with Crippen LogP contribution in [0.25, 0.3) is 0 Å². The van der Waals surface area contributed by atoms with E-state index < -0.39 is 0 Å². The second kappa shape index (κ2) is 22.1. The SMILES string of the molecule is C/C=C\C(=C/C=NCCOCCCl)CCC(/C=C\C)=C/C=NCCOCCCl. The van der Waals surface area contributed by atoms with Crippen molar-refractivity contribution in [3.8, 4) is 0 Å². The number of allylic oxidation sites excluding steroid dienone is 8. The van der Waals surface area contributed by atoms with Gasteiger partial charge in [0.25, 0.3) is 0 Å². The zero-order valence-corrected chi connectivity index (χ0v) is 18.7. The summed E-state index contributed by atoms with van der Waals surface area (Å²) in [7, 11) is 0. The van der Waals surface area contributed by atoms with Crippen molar-refractivity contribution in [3.05, 3.63) is 47.6 Å². The molecule has 6 heteroatoms. The lowest BCUT2D eigenvalue weighted by Gasteiger charge is -2.03. The smallest absolute Gasteiger partial charge is 0.0662 e. The summed E-state index contributed by atoms with van der Waals surface area (Å²) < 4.78 is 10.6. The highest BCUT2D eigenvalue weighted by atomic mass is 35.5. The molecule has 28 heavy (non-hydrogen) atoms. The van der Waals surface area contributed by atoms with Crippen molar-refractivity contribution in [1.82, 2.24) is 0 Å². The van der Waals surface area contributed by atoms with Gasteiger partial charge in [-0.15, -0.1) is 23.2 Å². The number of aliphatic imine (C=N–C) groups is 2. The Morgan fingerprint density at radius 3 is 1.50 bits per heavy atom. The number of nitrogens with zero attached hydrogens (tertiary/aromatic N) is 2. The Kier molecular flexibility index (Phi) is 21.1. The maximum Gasteiger partial charge on any atom is 0.0662 e. The fourth-order valence-electron chi connectivity index (χ4n) is 2.15. The first-order valence-corrected chi connectivity index (χ1v) is 10.8. The predicted octanol–water partition coefficient (Wildman–Crippen LogP) is 5.42. The molecule has 0 radical (unpaired) electrons. The van der Waals surface area contributed by atoms with E-state index in [1.54, 1.807) is 0 Å². The third kappa shape index (κ3) is 18.2. The minimum atomic E-state index is 0.517. The fraction of sp³-hybridized carbons (Fsp3) is 0.545. The summed E-state index contributed by atoms with van der Waals surface area (Å²) in [4.78, 5) is 8.69. The van der Waals surface area contributed by atoms with Crippen LogP contribution in [0.3, 0.4) is 0 Å². The van der Waals surface area contributed by atoms with Gasteiger partial charge >= 0.3 is 0 Å². The summed E-state index contributed by atoms with van der Waals surface area (Å²) in [5, 5.41) is 0. The van der Waals surface area contributed by atoms with Gasteiger partial charge in [-0.1, -0.05) is 24.3 Å². The van der Waals surface area contributed by atoms with Crippen LogP contribution in [0.2, 0.25) is 0 Å². The first kappa shape index (κ1) is 26.8. The van der Waals surface area contributed by atoms with E-state index in [1.165, 1.54) is 11.1 Å². The molecule has 0 saturated carbocycles. The number of hydrogen-bond donors (Lipinski definition) is 0. The van der Waals surface area contributed by atoms with Crippen LogP contribution in [0.4, 0.5) is 0 Å². The van der Waals surface area contributed by atoms with Crippen molar-refractivity contribution in [3.63, 3.8) is 0 Å². The van der Waals surface area contributed by atoms with E-state index in [1.807, 2.05) is 38.4 Å². The number of alkyl halides is 2. The molecule has 0 amide bonds. The second-order valence-corrected chi connectivity index (χ2v) is 6.45. The third-order valence-corrected chi connectivity index (χ3v) is 3.73. The molecule has 0 rings (SSSR count). The van der Waals surface area contributed by atoms with Gasteiger partial charge in [0, 0.05) is 24.2 Å². The average Bonchev–Trinajstić information content (AvgIpc) is 2.70. The maximum atomic E-state index is 5.56. The van der Waals surface area contributed by atoms with Gasteiger partial charge in [0.15, 0.2) is 0 Å². The van der Waals surface area contributed by atoms with Crippen molar-refractivity contribution < 1.29 is 9.47 Å². The Balaban J connectivity index is 4.51. The monoisotopic (exact) mass is 428 g/mol. The Labute approximate surface area is 180 Å². The molecular formula is C22H34Cl2N2O2. The van der Waals surface area contributed by atoms with E-state index in [0.717, 1.165) is 12.8 Å². The predicted molar refractivity (Wildman–Crippen MR) is 125 cm³/mol. The number of ether oxygens (including phenoxy) is 2. The van der Waals surface area contributed by atoms with E-state index in [4.69, 9.17) is 32.7 Å². The Bertz CT molecular complexity index is 491. The minimum Gasteiger partial charge on any atom is -0.378 e. The van der Waals surface area contributed by atoms with Crippen LogP contribution < -0.4 is 0 Å². The molecule has 158 valence electrons. The van der Waals surface area contributed by atoms with Crippen LogP contribution in [0.5, 0.6) is 0 Å². The topological polar surface area (TPSA) is 43.2 Å². The van der Waals surface area contributed by atoms with E-state index >= 15 is 0 Å². The third-order valence-electron chi connectivity index (χ3n) is 3.42. The Hall–Kier alpha value is -1.20. The molecule has 0 N–H and O–H groups in total. The van der Waals surface area contributed by atoms with Crippen molar-refractivity contribution in [1.29, 1.82) is 0 Å². The highest BCUT2D eigenvalue weighted by molar-refractivity contribution is 6.18. The highest BCUT2D eigenvalue weighted by Gasteiger charge is 1.96. The molecule has 0 aliphatic heterocycles. The zero-order valence-electron chi connectivity index (χ0n) is 17.2. The van der Waals surface area contributed by atoms with Crippen molar-refractivity contribution in [2.24, 2.45) is 9.98 Å². The first-order chi connectivity index (χ1) is 13.8. The molecule has 0 aromatic heterocycles. The fourth-order valence-corrected chi connectivity index (χ4v) is 2.37. The summed E-state index contributed by atoms with van der Waals surface area (Å²) >= 11 is 11.1. The van der Waals surface area contributed by atoms with Crippen LogP contribution in [-0.4, -0.2) is 63.7 Å². The molecule has 0 fully saturated rings. The summed E-state index contributed by atoms with van der Waals surface area (Å²) in [6.45, 7) is 7.66. The van der Waals surface area contributed by atoms with Gasteiger partial charge in [0.05, 0.1) is 39.5 Å². The number of hydrogen-bond acceptors (Lipinski definition) is 4. The molecule has 0 aliphatic rings. The normalized spacial score (nSPS) is 13.9. The lowest BCUT2D eigenvalue weighted by Crippen LogP contribution is -2.00. The number of rotatable bonds is 17. The molecule has 0 saturated heterocycles. The first-order valence-electron chi connectivity index (χ1n) is 9.69. The quantitative estimate of drug-likeness (QED) is 0.134. The van der Waals surface area contributed by atoms with E-state index in [9.17, 15) is 0 Å². The molecule has 0 aliphatic carbocycles. The average molecular weight is 429 g/mol. The van der Waals surface area contributed by atoms with Crippen LogP contribution >= 0.6 is 23.2 Å². The van der Waals surface area contributed by atoms with Gasteiger partial charge in [-0.3, -0.25) is 9.98 Å². The summed E-state index contributed by atoms with van der Waals surface area (Å²) in [5.41, 5.74) is 2.46. The summed E-state index contributed by atoms with van der Waals surface area (Å²) in [6.07, 6.45) is 18.0. The molecule has 0 aromatic carbocycles. The lowest BCUT2D eigenvalue weighted by molar-refractivity contribution is 0.157. The minimum absolute atomic E-state index is 0.517. The standard InChI is InChI=1S/C22H34Cl2N2O2/c1-3-5-21(9-13-25-15-19-27-17-11-23)7-8-22(6-4-2)10-14-26-16-20-28-18-12-24/h3-6,9-10,13-14H,7-8,11-12,15-20H2,1-2H3/b5-3-,6-4-,21-9+,22-10+,25-13?,26-14?. The molecule has 0 spiro atoms. The Morgan fingerprint density at radius 1 is 0.714 bits per heavy atom. The van der Waals surface area contributed by atoms with Gasteiger partial charge < -0.3 is 9.47 Å². The van der Waals surface area contributed by atoms with Gasteiger partial charge in [0.2, 0.25) is 0 Å². The summed E-state index contributed by atoms with van der Waals surface area (Å²) in [6, 6.07) is 0. The van der Waals surface area contributed by atoms with Crippen molar-refractivity contribution >= 4 is 35.6 Å². The highest BCUT2D eigenvalue weighted by Crippen LogP contribution is 2.13. The van der Waals surface area contributed by atoms with Crippen LogP contribution in [0, 0.1) is 0 Å². The van der Waals surface area contributed by atoms with Crippen molar-refractivity contribution in [2.75, 3.05) is 51.3 Å². The van der Waals surface area contributed by atoms with Gasteiger partial charge in [-0.05, 0) is 50.0 Å². The second-order valence-electron chi connectivity index (χ2n) is 5.70. The maximum absolute atomic E-state index is 5.56. The molecule has 0 unspecified atom stereocenters. The molecule has 4 nitrogen and oxygen atoms in total. The van der Waals surface area contributed by atoms with Crippen LogP contribution in [0.1, 0.15) is 26.7 Å². The molecular weight excluding hydrogens is 395 g/mol.